The second-order valence-electron chi connectivity index (χ2n) is 3.42. The molecule has 0 saturated carbocycles. The van der Waals surface area contributed by atoms with Gasteiger partial charge in [0.1, 0.15) is 23.1 Å². The lowest BCUT2D eigenvalue weighted by molar-refractivity contribution is 0.397. The van der Waals surface area contributed by atoms with E-state index in [9.17, 15) is 4.79 Å². The van der Waals surface area contributed by atoms with Gasteiger partial charge in [0, 0.05) is 11.5 Å². The first kappa shape index (κ1) is 11.0. The summed E-state index contributed by atoms with van der Waals surface area (Å²) in [4.78, 5) is 14.1. The van der Waals surface area contributed by atoms with Crippen LogP contribution >= 0.6 is 0 Å². The van der Waals surface area contributed by atoms with Gasteiger partial charge in [-0.25, -0.2) is 0 Å². The lowest BCUT2D eigenvalue weighted by Crippen LogP contribution is -2.10. The summed E-state index contributed by atoms with van der Waals surface area (Å²) in [5.41, 5.74) is 0.188. The lowest BCUT2D eigenvalue weighted by atomic mass is 10.1. The van der Waals surface area contributed by atoms with Crippen molar-refractivity contribution in [3.63, 3.8) is 0 Å². The van der Waals surface area contributed by atoms with Gasteiger partial charge in [0.2, 0.25) is 0 Å². The molecule has 0 spiro atoms. The molecule has 1 aromatic carbocycles. The van der Waals surface area contributed by atoms with Crippen LogP contribution in [0.2, 0.25) is 0 Å². The SMILES string of the molecule is COc1cc(OC)c2[nH]c(=O)c(C#N)cc2c1. The average Bonchev–Trinajstić information content (AvgIpc) is 2.36. The van der Waals surface area contributed by atoms with E-state index in [1.54, 1.807) is 12.1 Å². The molecule has 86 valence electrons. The Kier molecular flexibility index (Phi) is 2.71. The van der Waals surface area contributed by atoms with Crippen molar-refractivity contribution in [1.29, 1.82) is 5.26 Å². The Morgan fingerprint density at radius 3 is 2.59 bits per heavy atom. The Morgan fingerprint density at radius 2 is 2.00 bits per heavy atom. The van der Waals surface area contributed by atoms with Crippen molar-refractivity contribution in [2.24, 2.45) is 0 Å². The van der Waals surface area contributed by atoms with Gasteiger partial charge in [-0.1, -0.05) is 0 Å². The largest absolute Gasteiger partial charge is 0.497 e. The molecule has 1 aromatic heterocycles. The summed E-state index contributed by atoms with van der Waals surface area (Å²) in [7, 11) is 3.04. The quantitative estimate of drug-likeness (QED) is 0.846. The van der Waals surface area contributed by atoms with Gasteiger partial charge in [0.25, 0.3) is 5.56 Å². The number of ether oxygens (including phenoxy) is 2. The minimum Gasteiger partial charge on any atom is -0.497 e. The highest BCUT2D eigenvalue weighted by Gasteiger charge is 2.08. The van der Waals surface area contributed by atoms with Crippen molar-refractivity contribution in [2.75, 3.05) is 14.2 Å². The molecule has 17 heavy (non-hydrogen) atoms. The van der Waals surface area contributed by atoms with Gasteiger partial charge in [0.15, 0.2) is 0 Å². The van der Waals surface area contributed by atoms with Gasteiger partial charge in [-0.15, -0.1) is 0 Å². The predicted molar refractivity (Wildman–Crippen MR) is 62.4 cm³/mol. The minimum atomic E-state index is -0.427. The number of hydrogen-bond acceptors (Lipinski definition) is 4. The van der Waals surface area contributed by atoms with Crippen molar-refractivity contribution in [3.8, 4) is 17.6 Å². The number of aromatic amines is 1. The van der Waals surface area contributed by atoms with E-state index in [0.717, 1.165) is 0 Å². The van der Waals surface area contributed by atoms with Crippen LogP contribution in [-0.4, -0.2) is 19.2 Å². The third kappa shape index (κ3) is 1.81. The number of nitrogens with zero attached hydrogens (tertiary/aromatic N) is 1. The molecule has 0 aliphatic rings. The molecule has 0 aliphatic carbocycles. The molecule has 1 N–H and O–H groups in total. The van der Waals surface area contributed by atoms with Crippen LogP contribution in [0.4, 0.5) is 0 Å². The molecule has 0 fully saturated rings. The Hall–Kier alpha value is -2.48. The molecule has 0 atom stereocenters. The maximum atomic E-state index is 11.5. The zero-order chi connectivity index (χ0) is 12.4. The second kappa shape index (κ2) is 4.18. The number of hydrogen-bond donors (Lipinski definition) is 1. The molecule has 0 aliphatic heterocycles. The maximum absolute atomic E-state index is 11.5. The Balaban J connectivity index is 2.86. The minimum absolute atomic E-state index is 0.0628. The number of nitrogens with one attached hydrogen (secondary N) is 1. The van der Waals surface area contributed by atoms with Crippen LogP contribution in [0, 0.1) is 11.3 Å². The number of H-pyrrole nitrogens is 1. The summed E-state index contributed by atoms with van der Waals surface area (Å²) in [6.07, 6.45) is 0. The van der Waals surface area contributed by atoms with E-state index in [2.05, 4.69) is 4.98 Å². The van der Waals surface area contributed by atoms with Gasteiger partial charge < -0.3 is 14.5 Å². The van der Waals surface area contributed by atoms with Crippen LogP contribution in [0.25, 0.3) is 10.9 Å². The van der Waals surface area contributed by atoms with Crippen LogP contribution in [-0.2, 0) is 0 Å². The normalized spacial score (nSPS) is 9.94. The van der Waals surface area contributed by atoms with E-state index < -0.39 is 5.56 Å². The van der Waals surface area contributed by atoms with Gasteiger partial charge in [-0.05, 0) is 12.1 Å². The fourth-order valence-corrected chi connectivity index (χ4v) is 1.62. The van der Waals surface area contributed by atoms with E-state index in [1.165, 1.54) is 20.3 Å². The number of rotatable bonds is 2. The summed E-state index contributed by atoms with van der Waals surface area (Å²) in [5, 5.41) is 9.49. The fraction of sp³-hybridized carbons (Fsp3) is 0.167. The van der Waals surface area contributed by atoms with Gasteiger partial charge in [0.05, 0.1) is 19.7 Å². The van der Waals surface area contributed by atoms with Crippen molar-refractivity contribution in [3.05, 3.63) is 34.1 Å². The molecule has 0 bridgehead atoms. The number of methoxy groups -OCH3 is 2. The number of benzene rings is 1. The van der Waals surface area contributed by atoms with Crippen molar-refractivity contribution in [1.82, 2.24) is 4.98 Å². The summed E-state index contributed by atoms with van der Waals surface area (Å²) >= 11 is 0. The molecule has 5 heteroatoms. The summed E-state index contributed by atoms with van der Waals surface area (Å²) < 4.78 is 10.3. The van der Waals surface area contributed by atoms with Gasteiger partial charge >= 0.3 is 0 Å². The maximum Gasteiger partial charge on any atom is 0.266 e. The first-order valence-corrected chi connectivity index (χ1v) is 4.88. The molecule has 2 rings (SSSR count). The zero-order valence-electron chi connectivity index (χ0n) is 9.40. The molecule has 5 nitrogen and oxygen atoms in total. The molecule has 0 unspecified atom stereocenters. The van der Waals surface area contributed by atoms with Gasteiger partial charge in [-0.2, -0.15) is 5.26 Å². The van der Waals surface area contributed by atoms with E-state index in [0.29, 0.717) is 22.4 Å². The predicted octanol–water partition coefficient (Wildman–Crippen LogP) is 1.42. The van der Waals surface area contributed by atoms with E-state index in [1.807, 2.05) is 6.07 Å². The fourth-order valence-electron chi connectivity index (χ4n) is 1.62. The van der Waals surface area contributed by atoms with E-state index in [4.69, 9.17) is 14.7 Å². The Labute approximate surface area is 97.2 Å². The molecule has 0 radical (unpaired) electrons. The average molecular weight is 230 g/mol. The molecular formula is C12H10N2O3. The van der Waals surface area contributed by atoms with Crippen LogP contribution in [0.5, 0.6) is 11.5 Å². The number of fused-ring (bicyclic) bond motifs is 1. The molecule has 0 amide bonds. The summed E-state index contributed by atoms with van der Waals surface area (Å²) in [6, 6.07) is 6.75. The third-order valence-corrected chi connectivity index (χ3v) is 2.47. The smallest absolute Gasteiger partial charge is 0.266 e. The van der Waals surface area contributed by atoms with Crippen LogP contribution in [0.15, 0.2) is 23.0 Å². The van der Waals surface area contributed by atoms with E-state index >= 15 is 0 Å². The first-order valence-electron chi connectivity index (χ1n) is 4.88. The first-order chi connectivity index (χ1) is 8.19. The lowest BCUT2D eigenvalue weighted by Gasteiger charge is -2.08. The second-order valence-corrected chi connectivity index (χ2v) is 3.42. The summed E-state index contributed by atoms with van der Waals surface area (Å²) in [5.74, 6) is 1.10. The standard InChI is InChI=1S/C12H10N2O3/c1-16-9-4-7-3-8(6-13)12(15)14-11(7)10(5-9)17-2/h3-5H,1-2H3,(H,14,15). The number of nitriles is 1. The highest BCUT2D eigenvalue weighted by molar-refractivity contribution is 5.86. The Bertz CT molecular complexity index is 668. The van der Waals surface area contributed by atoms with Crippen LogP contribution < -0.4 is 15.0 Å². The van der Waals surface area contributed by atoms with E-state index in [-0.39, 0.29) is 5.56 Å². The highest BCUT2D eigenvalue weighted by Crippen LogP contribution is 2.28. The van der Waals surface area contributed by atoms with Crippen molar-refractivity contribution >= 4 is 10.9 Å². The zero-order valence-corrected chi connectivity index (χ0v) is 9.40. The molecule has 2 aromatic rings. The van der Waals surface area contributed by atoms with Crippen LogP contribution in [0.3, 0.4) is 0 Å². The number of pyridine rings is 1. The molecule has 0 saturated heterocycles. The monoisotopic (exact) mass is 230 g/mol. The van der Waals surface area contributed by atoms with Gasteiger partial charge in [-0.3, -0.25) is 4.79 Å². The topological polar surface area (TPSA) is 75.1 Å². The van der Waals surface area contributed by atoms with Crippen molar-refractivity contribution in [2.45, 2.75) is 0 Å². The molecular weight excluding hydrogens is 220 g/mol. The molecule has 1 heterocycles. The summed E-state index contributed by atoms with van der Waals surface area (Å²) in [6.45, 7) is 0. The van der Waals surface area contributed by atoms with Crippen LogP contribution in [0.1, 0.15) is 5.56 Å². The highest BCUT2D eigenvalue weighted by atomic mass is 16.5. The third-order valence-electron chi connectivity index (χ3n) is 2.47. The number of aromatic nitrogens is 1. The Morgan fingerprint density at radius 1 is 1.24 bits per heavy atom. The van der Waals surface area contributed by atoms with Crippen molar-refractivity contribution < 1.29 is 9.47 Å².